The quantitative estimate of drug-likeness (QED) is 0.373. The molecule has 0 bridgehead atoms. The van der Waals surface area contributed by atoms with E-state index >= 15 is 0 Å². The Bertz CT molecular complexity index is 628. The predicted octanol–water partition coefficient (Wildman–Crippen LogP) is 0.254. The minimum Gasteiger partial charge on any atom is -0.478 e. The van der Waals surface area contributed by atoms with Crippen LogP contribution >= 0.6 is 0 Å². The van der Waals surface area contributed by atoms with Crippen LogP contribution in [0.3, 0.4) is 0 Å². The van der Waals surface area contributed by atoms with E-state index in [2.05, 4.69) is 10.0 Å². The highest BCUT2D eigenvalue weighted by Gasteiger charge is 2.15. The fraction of sp³-hybridized carbons (Fsp3) is 0.300. The Morgan fingerprint density at radius 3 is 2.55 bits per heavy atom. The number of anilines is 1. The summed E-state index contributed by atoms with van der Waals surface area (Å²) in [6.07, 6.45) is 1.00. The molecule has 0 heterocycles. The van der Waals surface area contributed by atoms with Gasteiger partial charge in [-0.2, -0.15) is 0 Å². The fourth-order valence-corrected chi connectivity index (χ4v) is 1.88. The second-order valence-corrected chi connectivity index (χ2v) is 5.72. The summed E-state index contributed by atoms with van der Waals surface area (Å²) in [6.45, 7) is 0.208. The van der Waals surface area contributed by atoms with Gasteiger partial charge in [0.15, 0.2) is 0 Å². The van der Waals surface area contributed by atoms with Crippen LogP contribution in [0, 0.1) is 10.1 Å². The van der Waals surface area contributed by atoms with Crippen molar-refractivity contribution in [3.05, 3.63) is 33.9 Å². The maximum atomic E-state index is 11.0. The number of aromatic carboxylic acids is 1. The lowest BCUT2D eigenvalue weighted by atomic mass is 10.1. The molecule has 0 aliphatic carbocycles. The Morgan fingerprint density at radius 2 is 2.05 bits per heavy atom. The van der Waals surface area contributed by atoms with Gasteiger partial charge in [0.1, 0.15) is 0 Å². The van der Waals surface area contributed by atoms with Crippen molar-refractivity contribution in [2.45, 2.75) is 0 Å². The van der Waals surface area contributed by atoms with Crippen LogP contribution in [-0.4, -0.2) is 43.8 Å². The molecule has 0 aromatic heterocycles. The van der Waals surface area contributed by atoms with Crippen LogP contribution in [0.15, 0.2) is 18.2 Å². The third kappa shape index (κ3) is 4.82. The Morgan fingerprint density at radius 1 is 1.40 bits per heavy atom. The summed E-state index contributed by atoms with van der Waals surface area (Å²) in [5, 5.41) is 22.3. The minimum atomic E-state index is -3.32. The molecule has 0 unspecified atom stereocenters. The standard InChI is InChI=1S/C10H13N3O6S/c1-20(18,19)12-5-4-11-9-3-2-7(13(16)17)6-8(9)10(14)15/h2-3,6,11-12H,4-5H2,1H3,(H,14,15). The van der Waals surface area contributed by atoms with E-state index in [1.807, 2.05) is 0 Å². The van der Waals surface area contributed by atoms with Gasteiger partial charge >= 0.3 is 5.97 Å². The molecule has 1 aromatic carbocycles. The lowest BCUT2D eigenvalue weighted by Crippen LogP contribution is -2.27. The van der Waals surface area contributed by atoms with E-state index in [9.17, 15) is 23.3 Å². The zero-order chi connectivity index (χ0) is 15.3. The van der Waals surface area contributed by atoms with E-state index in [0.717, 1.165) is 12.3 Å². The van der Waals surface area contributed by atoms with Crippen molar-refractivity contribution in [1.82, 2.24) is 4.72 Å². The average Bonchev–Trinajstić information content (AvgIpc) is 2.33. The number of nitrogens with zero attached hydrogens (tertiary/aromatic N) is 1. The Hall–Kier alpha value is -2.20. The van der Waals surface area contributed by atoms with Crippen molar-refractivity contribution in [2.24, 2.45) is 0 Å². The average molecular weight is 303 g/mol. The van der Waals surface area contributed by atoms with Gasteiger partial charge in [-0.05, 0) is 6.07 Å². The van der Waals surface area contributed by atoms with Gasteiger partial charge in [0.2, 0.25) is 10.0 Å². The van der Waals surface area contributed by atoms with E-state index in [4.69, 9.17) is 5.11 Å². The zero-order valence-corrected chi connectivity index (χ0v) is 11.3. The number of nitro benzene ring substituents is 1. The highest BCUT2D eigenvalue weighted by Crippen LogP contribution is 2.21. The van der Waals surface area contributed by atoms with Crippen molar-refractivity contribution in [3.63, 3.8) is 0 Å². The Labute approximate surface area is 114 Å². The van der Waals surface area contributed by atoms with Gasteiger partial charge in [0.25, 0.3) is 5.69 Å². The molecule has 20 heavy (non-hydrogen) atoms. The number of hydrogen-bond donors (Lipinski definition) is 3. The van der Waals surface area contributed by atoms with E-state index < -0.39 is 20.9 Å². The Balaban J connectivity index is 2.79. The molecule has 1 rings (SSSR count). The highest BCUT2D eigenvalue weighted by atomic mass is 32.2. The SMILES string of the molecule is CS(=O)(=O)NCCNc1ccc([N+](=O)[O-])cc1C(=O)O. The number of hydrogen-bond acceptors (Lipinski definition) is 6. The number of nitro groups is 1. The Kier molecular flexibility index (Phi) is 5.00. The number of rotatable bonds is 7. The summed E-state index contributed by atoms with van der Waals surface area (Å²) in [5.74, 6) is -1.31. The number of benzene rings is 1. The largest absolute Gasteiger partial charge is 0.478 e. The fourth-order valence-electron chi connectivity index (χ4n) is 1.41. The van der Waals surface area contributed by atoms with Gasteiger partial charge in [-0.25, -0.2) is 17.9 Å². The van der Waals surface area contributed by atoms with Crippen LogP contribution in [0.1, 0.15) is 10.4 Å². The third-order valence-corrected chi connectivity index (χ3v) is 2.98. The van der Waals surface area contributed by atoms with Crippen LogP contribution in [0.25, 0.3) is 0 Å². The van der Waals surface area contributed by atoms with E-state index in [1.165, 1.54) is 12.1 Å². The predicted molar refractivity (Wildman–Crippen MR) is 71.4 cm³/mol. The molecule has 0 spiro atoms. The summed E-state index contributed by atoms with van der Waals surface area (Å²) in [4.78, 5) is 20.9. The molecule has 3 N–H and O–H groups in total. The lowest BCUT2D eigenvalue weighted by Gasteiger charge is -2.09. The first-order chi connectivity index (χ1) is 9.20. The van der Waals surface area contributed by atoms with Crippen LogP contribution in [-0.2, 0) is 10.0 Å². The molecule has 9 nitrogen and oxygen atoms in total. The molecule has 0 aliphatic rings. The molecular formula is C10H13N3O6S. The van der Waals surface area contributed by atoms with E-state index in [1.54, 1.807) is 0 Å². The first kappa shape index (κ1) is 15.9. The maximum absolute atomic E-state index is 11.0. The number of carbonyl (C=O) groups is 1. The topological polar surface area (TPSA) is 139 Å². The van der Waals surface area contributed by atoms with E-state index in [-0.39, 0.29) is 30.0 Å². The van der Waals surface area contributed by atoms with Crippen molar-refractivity contribution in [2.75, 3.05) is 24.7 Å². The van der Waals surface area contributed by atoms with Crippen LogP contribution in [0.5, 0.6) is 0 Å². The molecule has 10 heteroatoms. The van der Waals surface area contributed by atoms with Crippen molar-refractivity contribution in [3.8, 4) is 0 Å². The van der Waals surface area contributed by atoms with Gasteiger partial charge < -0.3 is 10.4 Å². The molecule has 1 aromatic rings. The van der Waals surface area contributed by atoms with Gasteiger partial charge in [-0.15, -0.1) is 0 Å². The molecule has 0 fully saturated rings. The summed E-state index contributed by atoms with van der Waals surface area (Å²) in [6, 6.07) is 3.37. The summed E-state index contributed by atoms with van der Waals surface area (Å²) in [7, 11) is -3.32. The van der Waals surface area contributed by atoms with Crippen LogP contribution in [0.2, 0.25) is 0 Å². The number of non-ortho nitro benzene ring substituents is 1. The number of carboxylic acids is 1. The number of sulfonamides is 1. The first-order valence-electron chi connectivity index (χ1n) is 5.41. The minimum absolute atomic E-state index is 0.0644. The molecule has 0 saturated carbocycles. The second-order valence-electron chi connectivity index (χ2n) is 3.89. The van der Waals surface area contributed by atoms with Gasteiger partial charge in [-0.1, -0.05) is 0 Å². The summed E-state index contributed by atoms with van der Waals surface area (Å²) in [5.41, 5.74) is -0.404. The monoisotopic (exact) mass is 303 g/mol. The highest BCUT2D eigenvalue weighted by molar-refractivity contribution is 7.88. The lowest BCUT2D eigenvalue weighted by molar-refractivity contribution is -0.384. The molecular weight excluding hydrogens is 290 g/mol. The molecule has 0 saturated heterocycles. The molecule has 0 amide bonds. The van der Waals surface area contributed by atoms with Crippen molar-refractivity contribution in [1.29, 1.82) is 0 Å². The smallest absolute Gasteiger partial charge is 0.338 e. The van der Waals surface area contributed by atoms with Crippen molar-refractivity contribution >= 4 is 27.4 Å². The molecule has 0 atom stereocenters. The van der Waals surface area contributed by atoms with E-state index in [0.29, 0.717) is 0 Å². The number of nitrogens with one attached hydrogen (secondary N) is 2. The summed E-state index contributed by atoms with van der Waals surface area (Å²) < 4.78 is 23.9. The van der Waals surface area contributed by atoms with Crippen LogP contribution < -0.4 is 10.0 Å². The van der Waals surface area contributed by atoms with Gasteiger partial charge in [0, 0.05) is 30.9 Å². The normalized spacial score (nSPS) is 11.1. The number of carboxylic acid groups (broad SMARTS) is 1. The summed E-state index contributed by atoms with van der Waals surface area (Å²) >= 11 is 0. The maximum Gasteiger partial charge on any atom is 0.338 e. The molecule has 0 aliphatic heterocycles. The molecule has 0 radical (unpaired) electrons. The first-order valence-corrected chi connectivity index (χ1v) is 7.30. The van der Waals surface area contributed by atoms with Gasteiger partial charge in [-0.3, -0.25) is 10.1 Å². The van der Waals surface area contributed by atoms with Crippen LogP contribution in [0.4, 0.5) is 11.4 Å². The van der Waals surface area contributed by atoms with Gasteiger partial charge in [0.05, 0.1) is 16.7 Å². The molecule has 110 valence electrons. The zero-order valence-electron chi connectivity index (χ0n) is 10.5. The third-order valence-electron chi connectivity index (χ3n) is 2.25. The van der Waals surface area contributed by atoms with Crippen molar-refractivity contribution < 1.29 is 23.2 Å². The second kappa shape index (κ2) is 6.30.